The van der Waals surface area contributed by atoms with Gasteiger partial charge in [0.05, 0.1) is 5.71 Å². The van der Waals surface area contributed by atoms with E-state index in [-0.39, 0.29) is 12.4 Å². The first-order chi connectivity index (χ1) is 9.79. The number of ether oxygens (including phenoxy) is 1. The molecule has 2 aromatic rings. The summed E-state index contributed by atoms with van der Waals surface area (Å²) in [6, 6.07) is 12.2. The molecule has 2 aromatic carbocycles. The van der Waals surface area contributed by atoms with Crippen LogP contribution in [0.3, 0.4) is 0 Å². The molecule has 20 heavy (non-hydrogen) atoms. The average Bonchev–Trinajstić information content (AvgIpc) is 2.90. The minimum atomic E-state index is -0.266. The Bertz CT molecular complexity index is 667. The Balaban J connectivity index is 1.83. The lowest BCUT2D eigenvalue weighted by Gasteiger charge is -2.11. The standard InChI is InChI=1S/C16H14FNO2/c17-14-6-2-1-4-11(14)10-20-16-7-3-5-12-13(16)8-9-15(12)18-19/h1-7,19H,8-10H2. The maximum Gasteiger partial charge on any atom is 0.129 e. The van der Waals surface area contributed by atoms with Crippen LogP contribution in [0.25, 0.3) is 0 Å². The van der Waals surface area contributed by atoms with Crippen LogP contribution in [0.15, 0.2) is 47.6 Å². The zero-order valence-electron chi connectivity index (χ0n) is 10.8. The van der Waals surface area contributed by atoms with E-state index in [1.54, 1.807) is 18.2 Å². The highest BCUT2D eigenvalue weighted by Crippen LogP contribution is 2.31. The molecule has 0 atom stereocenters. The maximum atomic E-state index is 13.6. The summed E-state index contributed by atoms with van der Waals surface area (Å²) < 4.78 is 19.3. The van der Waals surface area contributed by atoms with Crippen LogP contribution in [-0.4, -0.2) is 10.9 Å². The molecule has 0 heterocycles. The number of oxime groups is 1. The highest BCUT2D eigenvalue weighted by molar-refractivity contribution is 6.04. The van der Waals surface area contributed by atoms with E-state index in [9.17, 15) is 4.39 Å². The normalized spacial score (nSPS) is 15.3. The van der Waals surface area contributed by atoms with Crippen molar-refractivity contribution < 1.29 is 14.3 Å². The van der Waals surface area contributed by atoms with Gasteiger partial charge in [-0.3, -0.25) is 0 Å². The summed E-state index contributed by atoms with van der Waals surface area (Å²) in [6.45, 7) is 0.189. The van der Waals surface area contributed by atoms with Crippen LogP contribution in [0.4, 0.5) is 4.39 Å². The van der Waals surface area contributed by atoms with Crippen molar-refractivity contribution in [3.8, 4) is 5.75 Å². The summed E-state index contributed by atoms with van der Waals surface area (Å²) in [7, 11) is 0. The van der Waals surface area contributed by atoms with Crippen molar-refractivity contribution in [2.24, 2.45) is 5.16 Å². The first-order valence-electron chi connectivity index (χ1n) is 6.49. The fourth-order valence-electron chi connectivity index (χ4n) is 2.48. The molecule has 1 aliphatic rings. The van der Waals surface area contributed by atoms with Crippen LogP contribution < -0.4 is 4.74 Å². The molecule has 0 fully saturated rings. The van der Waals surface area contributed by atoms with Gasteiger partial charge in [-0.25, -0.2) is 4.39 Å². The minimum absolute atomic E-state index is 0.189. The van der Waals surface area contributed by atoms with Crippen molar-refractivity contribution in [3.63, 3.8) is 0 Å². The van der Waals surface area contributed by atoms with E-state index in [1.165, 1.54) is 6.07 Å². The van der Waals surface area contributed by atoms with Crippen LogP contribution >= 0.6 is 0 Å². The number of benzene rings is 2. The third-order valence-corrected chi connectivity index (χ3v) is 3.52. The number of halogens is 1. The molecule has 0 aromatic heterocycles. The molecule has 0 amide bonds. The fourth-order valence-corrected chi connectivity index (χ4v) is 2.48. The predicted molar refractivity (Wildman–Crippen MR) is 73.8 cm³/mol. The first kappa shape index (κ1) is 12.7. The van der Waals surface area contributed by atoms with Gasteiger partial charge in [0, 0.05) is 16.7 Å². The third kappa shape index (κ3) is 2.25. The van der Waals surface area contributed by atoms with E-state index < -0.39 is 0 Å². The molecule has 3 nitrogen and oxygen atoms in total. The van der Waals surface area contributed by atoms with Crippen molar-refractivity contribution in [2.75, 3.05) is 0 Å². The van der Waals surface area contributed by atoms with E-state index in [0.29, 0.717) is 17.7 Å². The van der Waals surface area contributed by atoms with E-state index in [1.807, 2.05) is 18.2 Å². The predicted octanol–water partition coefficient (Wildman–Crippen LogP) is 3.53. The highest BCUT2D eigenvalue weighted by Gasteiger charge is 2.21. The molecule has 0 saturated carbocycles. The summed E-state index contributed by atoms with van der Waals surface area (Å²) in [5.41, 5.74) is 3.14. The van der Waals surface area contributed by atoms with Gasteiger partial charge in [-0.15, -0.1) is 0 Å². The third-order valence-electron chi connectivity index (χ3n) is 3.52. The van der Waals surface area contributed by atoms with Gasteiger partial charge in [-0.1, -0.05) is 35.5 Å². The Morgan fingerprint density at radius 1 is 1.10 bits per heavy atom. The Hall–Kier alpha value is -2.36. The molecule has 0 radical (unpaired) electrons. The number of fused-ring (bicyclic) bond motifs is 1. The van der Waals surface area contributed by atoms with Crippen LogP contribution in [0.1, 0.15) is 23.1 Å². The van der Waals surface area contributed by atoms with Crippen LogP contribution in [0.2, 0.25) is 0 Å². The van der Waals surface area contributed by atoms with E-state index >= 15 is 0 Å². The highest BCUT2D eigenvalue weighted by atomic mass is 19.1. The van der Waals surface area contributed by atoms with Crippen molar-refractivity contribution in [1.82, 2.24) is 0 Å². The molecule has 0 saturated heterocycles. The minimum Gasteiger partial charge on any atom is -0.488 e. The van der Waals surface area contributed by atoms with Gasteiger partial charge in [-0.2, -0.15) is 0 Å². The largest absolute Gasteiger partial charge is 0.488 e. The van der Waals surface area contributed by atoms with Gasteiger partial charge in [0.2, 0.25) is 0 Å². The molecular weight excluding hydrogens is 257 g/mol. The van der Waals surface area contributed by atoms with Crippen molar-refractivity contribution >= 4 is 5.71 Å². The van der Waals surface area contributed by atoms with Crippen molar-refractivity contribution in [1.29, 1.82) is 0 Å². The quantitative estimate of drug-likeness (QED) is 0.685. The maximum absolute atomic E-state index is 13.6. The molecular formula is C16H14FNO2. The zero-order valence-corrected chi connectivity index (χ0v) is 10.8. The van der Waals surface area contributed by atoms with E-state index in [0.717, 1.165) is 23.3 Å². The SMILES string of the molecule is ON=C1CCc2c(OCc3ccccc3F)cccc21. The number of rotatable bonds is 3. The first-order valence-corrected chi connectivity index (χ1v) is 6.49. The lowest BCUT2D eigenvalue weighted by atomic mass is 10.1. The molecule has 1 N–H and O–H groups in total. The Labute approximate surface area is 116 Å². The van der Waals surface area contributed by atoms with Gasteiger partial charge in [0.15, 0.2) is 0 Å². The number of nitrogens with zero attached hydrogens (tertiary/aromatic N) is 1. The second kappa shape index (κ2) is 5.33. The Morgan fingerprint density at radius 2 is 1.95 bits per heavy atom. The van der Waals surface area contributed by atoms with Gasteiger partial charge in [0.1, 0.15) is 18.2 Å². The lowest BCUT2D eigenvalue weighted by molar-refractivity contribution is 0.297. The van der Waals surface area contributed by atoms with Gasteiger partial charge >= 0.3 is 0 Å². The van der Waals surface area contributed by atoms with Crippen LogP contribution in [0.5, 0.6) is 5.75 Å². The summed E-state index contributed by atoms with van der Waals surface area (Å²) in [4.78, 5) is 0. The van der Waals surface area contributed by atoms with E-state index in [4.69, 9.17) is 9.94 Å². The monoisotopic (exact) mass is 271 g/mol. The lowest BCUT2D eigenvalue weighted by Crippen LogP contribution is -2.01. The summed E-state index contributed by atoms with van der Waals surface area (Å²) in [5.74, 6) is 0.460. The molecule has 0 aliphatic heterocycles. The summed E-state index contributed by atoms with van der Waals surface area (Å²) in [6.07, 6.45) is 1.48. The summed E-state index contributed by atoms with van der Waals surface area (Å²) in [5, 5.41) is 12.2. The Morgan fingerprint density at radius 3 is 2.75 bits per heavy atom. The summed E-state index contributed by atoms with van der Waals surface area (Å²) >= 11 is 0. The second-order valence-electron chi connectivity index (χ2n) is 4.71. The van der Waals surface area contributed by atoms with Crippen LogP contribution in [-0.2, 0) is 13.0 Å². The second-order valence-corrected chi connectivity index (χ2v) is 4.71. The molecule has 0 bridgehead atoms. The zero-order chi connectivity index (χ0) is 13.9. The number of hydrogen-bond acceptors (Lipinski definition) is 3. The van der Waals surface area contributed by atoms with E-state index in [2.05, 4.69) is 5.16 Å². The molecule has 3 rings (SSSR count). The van der Waals surface area contributed by atoms with Crippen molar-refractivity contribution in [3.05, 3.63) is 65.0 Å². The van der Waals surface area contributed by atoms with Gasteiger partial charge in [-0.05, 0) is 25.0 Å². The average molecular weight is 271 g/mol. The van der Waals surface area contributed by atoms with Gasteiger partial charge < -0.3 is 9.94 Å². The molecule has 1 aliphatic carbocycles. The number of hydrogen-bond donors (Lipinski definition) is 1. The fraction of sp³-hybridized carbons (Fsp3) is 0.188. The smallest absolute Gasteiger partial charge is 0.129 e. The molecule has 0 spiro atoms. The molecule has 102 valence electrons. The van der Waals surface area contributed by atoms with Gasteiger partial charge in [0.25, 0.3) is 0 Å². The van der Waals surface area contributed by atoms with Crippen molar-refractivity contribution in [2.45, 2.75) is 19.4 Å². The Kier molecular flexibility index (Phi) is 3.37. The molecule has 0 unspecified atom stereocenters. The molecule has 4 heteroatoms. The topological polar surface area (TPSA) is 41.8 Å². The van der Waals surface area contributed by atoms with Crippen LogP contribution in [0, 0.1) is 5.82 Å².